The van der Waals surface area contributed by atoms with Crippen LogP contribution in [0.1, 0.15) is 40.0 Å². The number of ketones is 1. The molecule has 0 aliphatic carbocycles. The lowest BCUT2D eigenvalue weighted by atomic mass is 10.1. The molecule has 0 aromatic carbocycles. The first kappa shape index (κ1) is 18.1. The molecule has 1 aliphatic heterocycles. The van der Waals surface area contributed by atoms with Gasteiger partial charge in [-0.1, -0.05) is 13.8 Å². The van der Waals surface area contributed by atoms with Gasteiger partial charge in [0.15, 0.2) is 5.78 Å². The summed E-state index contributed by atoms with van der Waals surface area (Å²) in [5.41, 5.74) is 0. The van der Waals surface area contributed by atoms with Gasteiger partial charge in [-0.05, 0) is 32.1 Å². The molecule has 1 atom stereocenters. The van der Waals surface area contributed by atoms with E-state index in [-0.39, 0.29) is 24.0 Å². The van der Waals surface area contributed by atoms with Crippen molar-refractivity contribution >= 4 is 21.7 Å². The number of nitrogens with one attached hydrogen (secondary N) is 1. The van der Waals surface area contributed by atoms with Gasteiger partial charge in [0.1, 0.15) is 0 Å². The molecular formula is C14H25N2O4S. The van der Waals surface area contributed by atoms with E-state index in [9.17, 15) is 18.0 Å². The highest BCUT2D eigenvalue weighted by molar-refractivity contribution is 7.89. The number of nitrogens with zero attached hydrogens (tertiary/aromatic N) is 1. The maximum atomic E-state index is 12.1. The van der Waals surface area contributed by atoms with Crippen molar-refractivity contribution in [3.8, 4) is 0 Å². The lowest BCUT2D eigenvalue weighted by Crippen LogP contribution is -2.44. The SMILES string of the molecule is CCS(=O)(=O)N1CCC[C@H](NC(=O)[CH]CC(C)C)C(=O)C1. The number of carbonyl (C=O) groups excluding carboxylic acids is 2. The molecule has 1 radical (unpaired) electrons. The molecule has 7 heteroatoms. The summed E-state index contributed by atoms with van der Waals surface area (Å²) < 4.78 is 24.9. The van der Waals surface area contributed by atoms with Crippen LogP contribution in [-0.4, -0.2) is 49.3 Å². The maximum Gasteiger partial charge on any atom is 0.224 e. The molecule has 0 aromatic rings. The van der Waals surface area contributed by atoms with Crippen LogP contribution in [0.4, 0.5) is 0 Å². The number of rotatable bonds is 6. The lowest BCUT2D eigenvalue weighted by molar-refractivity contribution is -0.126. The second kappa shape index (κ2) is 7.89. The monoisotopic (exact) mass is 317 g/mol. The van der Waals surface area contributed by atoms with Gasteiger partial charge >= 0.3 is 0 Å². The third-order valence-electron chi connectivity index (χ3n) is 3.47. The van der Waals surface area contributed by atoms with Crippen molar-refractivity contribution in [3.63, 3.8) is 0 Å². The second-order valence-corrected chi connectivity index (χ2v) is 8.00. The maximum absolute atomic E-state index is 12.1. The Labute approximate surface area is 127 Å². The molecule has 1 fully saturated rings. The minimum Gasteiger partial charge on any atom is -0.346 e. The average molecular weight is 317 g/mol. The predicted octanol–water partition coefficient (Wildman–Crippen LogP) is 0.736. The third-order valence-corrected chi connectivity index (χ3v) is 5.30. The summed E-state index contributed by atoms with van der Waals surface area (Å²) in [6.07, 6.45) is 3.25. The number of Topliss-reactive ketones (excluding diaryl/α,β-unsaturated/α-hetero) is 1. The third kappa shape index (κ3) is 5.74. The van der Waals surface area contributed by atoms with E-state index in [1.807, 2.05) is 13.8 Å². The molecule has 1 amide bonds. The molecule has 121 valence electrons. The summed E-state index contributed by atoms with van der Waals surface area (Å²) in [4.78, 5) is 23.9. The van der Waals surface area contributed by atoms with Gasteiger partial charge in [0.25, 0.3) is 0 Å². The van der Waals surface area contributed by atoms with Crippen molar-refractivity contribution in [1.82, 2.24) is 9.62 Å². The fourth-order valence-electron chi connectivity index (χ4n) is 2.14. The van der Waals surface area contributed by atoms with E-state index >= 15 is 0 Å². The summed E-state index contributed by atoms with van der Waals surface area (Å²) >= 11 is 0. The van der Waals surface area contributed by atoms with Gasteiger partial charge in [0.2, 0.25) is 15.9 Å². The average Bonchev–Trinajstić information content (AvgIpc) is 2.59. The van der Waals surface area contributed by atoms with Crippen molar-refractivity contribution in [2.75, 3.05) is 18.8 Å². The van der Waals surface area contributed by atoms with Crippen LogP contribution in [0.15, 0.2) is 0 Å². The normalized spacial score (nSPS) is 21.3. The van der Waals surface area contributed by atoms with E-state index < -0.39 is 16.1 Å². The summed E-state index contributed by atoms with van der Waals surface area (Å²) in [5.74, 6) is -0.130. The molecular weight excluding hydrogens is 292 g/mol. The highest BCUT2D eigenvalue weighted by atomic mass is 32.2. The Hall–Kier alpha value is -0.950. The number of carbonyl (C=O) groups is 2. The van der Waals surface area contributed by atoms with E-state index in [2.05, 4.69) is 5.32 Å². The van der Waals surface area contributed by atoms with Crippen LogP contribution >= 0.6 is 0 Å². The standard InChI is InChI=1S/C14H25N2O4S/c1-4-21(19,20)16-9-5-6-12(13(17)10-16)15-14(18)8-7-11(2)3/h8,11-12H,4-7,9-10H2,1-3H3,(H,15,18)/t12-/m0/s1. The fraction of sp³-hybridized carbons (Fsp3) is 0.786. The van der Waals surface area contributed by atoms with Crippen LogP contribution in [0.2, 0.25) is 0 Å². The first-order valence-electron chi connectivity index (χ1n) is 7.40. The summed E-state index contributed by atoms with van der Waals surface area (Å²) in [6.45, 7) is 5.77. The number of sulfonamides is 1. The Morgan fingerprint density at radius 1 is 1.48 bits per heavy atom. The van der Waals surface area contributed by atoms with Crippen LogP contribution in [0.5, 0.6) is 0 Å². The van der Waals surface area contributed by atoms with E-state index in [1.165, 1.54) is 4.31 Å². The largest absolute Gasteiger partial charge is 0.346 e. The van der Waals surface area contributed by atoms with E-state index in [0.717, 1.165) is 0 Å². The summed E-state index contributed by atoms with van der Waals surface area (Å²) in [6, 6.07) is -0.585. The number of hydrogen-bond acceptors (Lipinski definition) is 4. The molecule has 6 nitrogen and oxygen atoms in total. The van der Waals surface area contributed by atoms with Crippen molar-refractivity contribution < 1.29 is 18.0 Å². The summed E-state index contributed by atoms with van der Waals surface area (Å²) in [7, 11) is -3.36. The van der Waals surface area contributed by atoms with Gasteiger partial charge in [0, 0.05) is 13.0 Å². The van der Waals surface area contributed by atoms with Crippen molar-refractivity contribution in [3.05, 3.63) is 6.42 Å². The molecule has 0 bridgehead atoms. The van der Waals surface area contributed by atoms with Crippen LogP contribution in [0.3, 0.4) is 0 Å². The molecule has 1 heterocycles. The molecule has 0 spiro atoms. The topological polar surface area (TPSA) is 83.6 Å². The fourth-order valence-corrected chi connectivity index (χ4v) is 3.24. The quantitative estimate of drug-likeness (QED) is 0.783. The van der Waals surface area contributed by atoms with Gasteiger partial charge in [-0.15, -0.1) is 0 Å². The Bertz CT molecular complexity index is 473. The van der Waals surface area contributed by atoms with Gasteiger partial charge in [0.05, 0.1) is 18.3 Å². The zero-order valence-electron chi connectivity index (χ0n) is 13.0. The van der Waals surface area contributed by atoms with Crippen LogP contribution < -0.4 is 5.32 Å². The highest BCUT2D eigenvalue weighted by Crippen LogP contribution is 2.13. The van der Waals surface area contributed by atoms with Crippen molar-refractivity contribution in [2.45, 2.75) is 46.1 Å². The van der Waals surface area contributed by atoms with Crippen molar-refractivity contribution in [1.29, 1.82) is 0 Å². The van der Waals surface area contributed by atoms with Crippen molar-refractivity contribution in [2.24, 2.45) is 5.92 Å². The molecule has 1 saturated heterocycles. The summed E-state index contributed by atoms with van der Waals surface area (Å²) in [5, 5.41) is 2.69. The Morgan fingerprint density at radius 3 is 2.71 bits per heavy atom. The van der Waals surface area contributed by atoms with E-state index in [1.54, 1.807) is 13.3 Å². The second-order valence-electron chi connectivity index (χ2n) is 5.74. The molecule has 1 N–H and O–H groups in total. The number of hydrogen-bond donors (Lipinski definition) is 1. The van der Waals surface area contributed by atoms with E-state index in [0.29, 0.717) is 31.7 Å². The van der Waals surface area contributed by atoms with Crippen LogP contribution in [0.25, 0.3) is 0 Å². The first-order valence-corrected chi connectivity index (χ1v) is 9.01. The zero-order valence-corrected chi connectivity index (χ0v) is 13.8. The minimum absolute atomic E-state index is 0.0144. The Balaban J connectivity index is 2.59. The zero-order chi connectivity index (χ0) is 16.0. The molecule has 0 aromatic heterocycles. The molecule has 0 saturated carbocycles. The predicted molar refractivity (Wildman–Crippen MR) is 81.0 cm³/mol. The minimum atomic E-state index is -3.36. The van der Waals surface area contributed by atoms with Gasteiger partial charge in [-0.3, -0.25) is 9.59 Å². The molecule has 1 rings (SSSR count). The van der Waals surface area contributed by atoms with E-state index in [4.69, 9.17) is 0 Å². The number of amides is 1. The van der Waals surface area contributed by atoms with Gasteiger partial charge in [-0.2, -0.15) is 4.31 Å². The molecule has 0 unspecified atom stereocenters. The van der Waals surface area contributed by atoms with Gasteiger partial charge in [-0.25, -0.2) is 8.42 Å². The Morgan fingerprint density at radius 2 is 2.14 bits per heavy atom. The molecule has 1 aliphatic rings. The smallest absolute Gasteiger partial charge is 0.224 e. The first-order chi connectivity index (χ1) is 9.76. The van der Waals surface area contributed by atoms with Crippen LogP contribution in [-0.2, 0) is 19.6 Å². The Kier molecular flexibility index (Phi) is 6.80. The van der Waals surface area contributed by atoms with Crippen LogP contribution in [0, 0.1) is 12.3 Å². The molecule has 21 heavy (non-hydrogen) atoms. The lowest BCUT2D eigenvalue weighted by Gasteiger charge is -2.18. The van der Waals surface area contributed by atoms with Gasteiger partial charge < -0.3 is 5.32 Å². The highest BCUT2D eigenvalue weighted by Gasteiger charge is 2.30.